The Morgan fingerprint density at radius 2 is 2.22 bits per heavy atom. The molecule has 0 fully saturated rings. The van der Waals surface area contributed by atoms with Crippen molar-refractivity contribution in [2.45, 2.75) is 19.9 Å². The number of nitrogens with one attached hydrogen (secondary N) is 1. The van der Waals surface area contributed by atoms with Crippen molar-refractivity contribution in [2.75, 3.05) is 13.2 Å². The summed E-state index contributed by atoms with van der Waals surface area (Å²) in [5.74, 6) is -0.165. The van der Waals surface area contributed by atoms with Crippen LogP contribution >= 0.6 is 0 Å². The molecule has 4 heteroatoms. The van der Waals surface area contributed by atoms with Crippen LogP contribution in [0, 0.1) is 0 Å². The molecule has 0 aliphatic carbocycles. The molecular weight excluding hydrogens is 230 g/mol. The summed E-state index contributed by atoms with van der Waals surface area (Å²) in [6.45, 7) is 3.54. The lowest BCUT2D eigenvalue weighted by Crippen LogP contribution is -2.18. The highest BCUT2D eigenvalue weighted by Crippen LogP contribution is 2.20. The Bertz CT molecular complexity index is 518. The number of rotatable bonds is 6. The van der Waals surface area contributed by atoms with Crippen molar-refractivity contribution in [3.05, 3.63) is 36.1 Å². The molecule has 0 amide bonds. The summed E-state index contributed by atoms with van der Waals surface area (Å²) < 4.78 is 10.3. The van der Waals surface area contributed by atoms with E-state index in [2.05, 4.69) is 5.32 Å². The lowest BCUT2D eigenvalue weighted by Gasteiger charge is -2.03. The van der Waals surface area contributed by atoms with Gasteiger partial charge in [0.25, 0.3) is 0 Å². The maximum Gasteiger partial charge on any atom is 0.307 e. The molecule has 0 unspecified atom stereocenters. The van der Waals surface area contributed by atoms with Gasteiger partial charge >= 0.3 is 5.97 Å². The molecule has 0 spiro atoms. The quantitative estimate of drug-likeness (QED) is 0.629. The van der Waals surface area contributed by atoms with Crippen molar-refractivity contribution in [2.24, 2.45) is 0 Å². The number of fused-ring (bicyclic) bond motifs is 1. The topological polar surface area (TPSA) is 51.5 Å². The van der Waals surface area contributed by atoms with Crippen LogP contribution < -0.4 is 5.32 Å². The van der Waals surface area contributed by atoms with Crippen LogP contribution in [0.15, 0.2) is 34.9 Å². The highest BCUT2D eigenvalue weighted by atomic mass is 16.5. The van der Waals surface area contributed by atoms with Gasteiger partial charge in [-0.2, -0.15) is 0 Å². The van der Waals surface area contributed by atoms with Crippen LogP contribution in [-0.2, 0) is 16.1 Å². The summed E-state index contributed by atoms with van der Waals surface area (Å²) in [5, 5.41) is 4.32. The zero-order valence-electron chi connectivity index (χ0n) is 10.4. The summed E-state index contributed by atoms with van der Waals surface area (Å²) >= 11 is 0. The highest BCUT2D eigenvalue weighted by Gasteiger charge is 2.05. The molecule has 0 aliphatic heterocycles. The molecule has 0 aliphatic rings. The van der Waals surface area contributed by atoms with E-state index in [0.29, 0.717) is 26.1 Å². The number of ether oxygens (including phenoxy) is 1. The van der Waals surface area contributed by atoms with E-state index < -0.39 is 0 Å². The number of hydrogen-bond donors (Lipinski definition) is 1. The Labute approximate surface area is 106 Å². The second kappa shape index (κ2) is 6.21. The number of furan rings is 1. The van der Waals surface area contributed by atoms with E-state index in [1.807, 2.05) is 31.2 Å². The number of carbonyl (C=O) groups excluding carboxylic acids is 1. The summed E-state index contributed by atoms with van der Waals surface area (Å²) in [4.78, 5) is 11.1. The molecule has 0 saturated carbocycles. The molecule has 1 aromatic carbocycles. The molecule has 96 valence electrons. The lowest BCUT2D eigenvalue weighted by atomic mass is 10.2. The monoisotopic (exact) mass is 247 g/mol. The van der Waals surface area contributed by atoms with E-state index in [9.17, 15) is 4.79 Å². The van der Waals surface area contributed by atoms with E-state index in [1.54, 1.807) is 6.26 Å². The van der Waals surface area contributed by atoms with Gasteiger partial charge in [-0.05, 0) is 13.0 Å². The molecule has 1 N–H and O–H groups in total. The van der Waals surface area contributed by atoms with Gasteiger partial charge in [-0.3, -0.25) is 4.79 Å². The van der Waals surface area contributed by atoms with Crippen molar-refractivity contribution >= 4 is 16.9 Å². The predicted octanol–water partition coefficient (Wildman–Crippen LogP) is 2.48. The van der Waals surface area contributed by atoms with Crippen molar-refractivity contribution in [3.63, 3.8) is 0 Å². The first-order valence-electron chi connectivity index (χ1n) is 6.12. The summed E-state index contributed by atoms with van der Waals surface area (Å²) in [7, 11) is 0. The lowest BCUT2D eigenvalue weighted by molar-refractivity contribution is -0.142. The van der Waals surface area contributed by atoms with Crippen molar-refractivity contribution in [3.8, 4) is 0 Å². The summed E-state index contributed by atoms with van der Waals surface area (Å²) in [6.07, 6.45) is 2.14. The zero-order valence-corrected chi connectivity index (χ0v) is 10.4. The third-order valence-corrected chi connectivity index (χ3v) is 2.69. The van der Waals surface area contributed by atoms with E-state index in [-0.39, 0.29) is 5.97 Å². The van der Waals surface area contributed by atoms with E-state index >= 15 is 0 Å². The molecular formula is C14H17NO3. The van der Waals surface area contributed by atoms with Gasteiger partial charge in [0.1, 0.15) is 5.58 Å². The first-order valence-corrected chi connectivity index (χ1v) is 6.12. The minimum Gasteiger partial charge on any atom is -0.466 e. The van der Waals surface area contributed by atoms with Gasteiger partial charge < -0.3 is 14.5 Å². The third-order valence-electron chi connectivity index (χ3n) is 2.69. The van der Waals surface area contributed by atoms with Crippen LogP contribution in [0.1, 0.15) is 18.9 Å². The maximum absolute atomic E-state index is 11.1. The Morgan fingerprint density at radius 1 is 1.39 bits per heavy atom. The molecule has 0 radical (unpaired) electrons. The average Bonchev–Trinajstić information content (AvgIpc) is 2.78. The van der Waals surface area contributed by atoms with Crippen LogP contribution in [0.3, 0.4) is 0 Å². The Balaban J connectivity index is 1.82. The molecule has 2 aromatic rings. The zero-order chi connectivity index (χ0) is 12.8. The second-order valence-corrected chi connectivity index (χ2v) is 3.99. The standard InChI is InChI=1S/C14H17NO3/c1-2-17-14(16)7-8-15-9-11-10-18-13-6-4-3-5-12(11)13/h3-6,10,15H,2,7-9H2,1H3. The van der Waals surface area contributed by atoms with E-state index in [0.717, 1.165) is 16.5 Å². The van der Waals surface area contributed by atoms with Crippen LogP contribution in [0.25, 0.3) is 11.0 Å². The molecule has 0 atom stereocenters. The van der Waals surface area contributed by atoms with Crippen LogP contribution in [-0.4, -0.2) is 19.1 Å². The van der Waals surface area contributed by atoms with Crippen molar-refractivity contribution < 1.29 is 13.9 Å². The smallest absolute Gasteiger partial charge is 0.307 e. The van der Waals surface area contributed by atoms with Gasteiger partial charge in [-0.1, -0.05) is 18.2 Å². The Kier molecular flexibility index (Phi) is 4.36. The molecule has 1 aromatic heterocycles. The third kappa shape index (κ3) is 3.11. The summed E-state index contributed by atoms with van der Waals surface area (Å²) in [5.41, 5.74) is 1.99. The molecule has 18 heavy (non-hydrogen) atoms. The minimum atomic E-state index is -0.165. The fraction of sp³-hybridized carbons (Fsp3) is 0.357. The maximum atomic E-state index is 11.1. The van der Waals surface area contributed by atoms with E-state index in [4.69, 9.17) is 9.15 Å². The molecule has 2 rings (SSSR count). The minimum absolute atomic E-state index is 0.165. The van der Waals surface area contributed by atoms with Crippen molar-refractivity contribution in [1.29, 1.82) is 0 Å². The summed E-state index contributed by atoms with van der Waals surface area (Å²) in [6, 6.07) is 7.91. The van der Waals surface area contributed by atoms with Gasteiger partial charge in [-0.15, -0.1) is 0 Å². The number of carbonyl (C=O) groups is 1. The highest BCUT2D eigenvalue weighted by molar-refractivity contribution is 5.80. The number of para-hydroxylation sites is 1. The number of benzene rings is 1. The molecule has 0 bridgehead atoms. The van der Waals surface area contributed by atoms with Crippen LogP contribution in [0.4, 0.5) is 0 Å². The van der Waals surface area contributed by atoms with Crippen molar-refractivity contribution in [1.82, 2.24) is 5.32 Å². The van der Waals surface area contributed by atoms with Crippen LogP contribution in [0.5, 0.6) is 0 Å². The SMILES string of the molecule is CCOC(=O)CCNCc1coc2ccccc12. The predicted molar refractivity (Wildman–Crippen MR) is 69.2 cm³/mol. The Morgan fingerprint density at radius 3 is 3.06 bits per heavy atom. The van der Waals surface area contributed by atoms with Gasteiger partial charge in [0.15, 0.2) is 0 Å². The second-order valence-electron chi connectivity index (χ2n) is 3.99. The van der Waals surface area contributed by atoms with Gasteiger partial charge in [0.2, 0.25) is 0 Å². The van der Waals surface area contributed by atoms with E-state index in [1.165, 1.54) is 0 Å². The number of hydrogen-bond acceptors (Lipinski definition) is 4. The average molecular weight is 247 g/mol. The van der Waals surface area contributed by atoms with Gasteiger partial charge in [-0.25, -0.2) is 0 Å². The van der Waals surface area contributed by atoms with Gasteiger partial charge in [0.05, 0.1) is 19.3 Å². The molecule has 4 nitrogen and oxygen atoms in total. The fourth-order valence-electron chi connectivity index (χ4n) is 1.82. The number of esters is 1. The van der Waals surface area contributed by atoms with Gasteiger partial charge in [0, 0.05) is 24.0 Å². The largest absolute Gasteiger partial charge is 0.466 e. The first-order chi connectivity index (χ1) is 8.81. The van der Waals surface area contributed by atoms with Crippen LogP contribution in [0.2, 0.25) is 0 Å². The Hall–Kier alpha value is -1.81. The fourth-order valence-corrected chi connectivity index (χ4v) is 1.82. The molecule has 0 saturated heterocycles. The molecule has 1 heterocycles. The normalized spacial score (nSPS) is 10.7. The first kappa shape index (κ1) is 12.6.